The fourth-order valence-electron chi connectivity index (χ4n) is 1.06. The lowest BCUT2D eigenvalue weighted by atomic mass is 10.1. The molecule has 0 bridgehead atoms. The minimum absolute atomic E-state index is 1.25. The van der Waals surface area contributed by atoms with Gasteiger partial charge in [0.1, 0.15) is 0 Å². The SMILES string of the molecule is C=C(C)C1=CCCC1.CC. The molecule has 0 saturated heterocycles. The minimum atomic E-state index is 1.25. The Morgan fingerprint density at radius 2 is 2.10 bits per heavy atom. The number of rotatable bonds is 1. The van der Waals surface area contributed by atoms with E-state index in [1.54, 1.807) is 0 Å². The highest BCUT2D eigenvalue weighted by Crippen LogP contribution is 2.22. The molecule has 0 heteroatoms. The highest BCUT2D eigenvalue weighted by molar-refractivity contribution is 5.28. The van der Waals surface area contributed by atoms with Gasteiger partial charge in [0.25, 0.3) is 0 Å². The molecule has 0 aromatic carbocycles. The summed E-state index contributed by atoms with van der Waals surface area (Å²) >= 11 is 0. The van der Waals surface area contributed by atoms with Gasteiger partial charge < -0.3 is 0 Å². The van der Waals surface area contributed by atoms with Crippen molar-refractivity contribution in [2.45, 2.75) is 40.0 Å². The van der Waals surface area contributed by atoms with Crippen LogP contribution in [0.5, 0.6) is 0 Å². The van der Waals surface area contributed by atoms with Gasteiger partial charge in [-0.15, -0.1) is 0 Å². The molecule has 1 rings (SSSR count). The summed E-state index contributed by atoms with van der Waals surface area (Å²) in [6.07, 6.45) is 6.15. The van der Waals surface area contributed by atoms with Crippen LogP contribution in [0.1, 0.15) is 40.0 Å². The van der Waals surface area contributed by atoms with Gasteiger partial charge in [-0.1, -0.05) is 32.1 Å². The first kappa shape index (κ1) is 9.48. The molecule has 0 radical (unpaired) electrons. The van der Waals surface area contributed by atoms with Crippen LogP contribution < -0.4 is 0 Å². The van der Waals surface area contributed by atoms with E-state index in [-0.39, 0.29) is 0 Å². The predicted octanol–water partition coefficient (Wildman–Crippen LogP) is 3.70. The van der Waals surface area contributed by atoms with E-state index >= 15 is 0 Å². The van der Waals surface area contributed by atoms with E-state index in [4.69, 9.17) is 0 Å². The smallest absolute Gasteiger partial charge is 0.0277 e. The summed E-state index contributed by atoms with van der Waals surface area (Å²) in [5.74, 6) is 0. The van der Waals surface area contributed by atoms with Gasteiger partial charge in [-0.25, -0.2) is 0 Å². The molecule has 10 heavy (non-hydrogen) atoms. The van der Waals surface area contributed by atoms with Gasteiger partial charge in [0.05, 0.1) is 0 Å². The summed E-state index contributed by atoms with van der Waals surface area (Å²) in [5.41, 5.74) is 2.73. The van der Waals surface area contributed by atoms with Gasteiger partial charge in [-0.2, -0.15) is 0 Å². The van der Waals surface area contributed by atoms with Crippen molar-refractivity contribution in [3.63, 3.8) is 0 Å². The van der Waals surface area contributed by atoms with Crippen molar-refractivity contribution in [2.24, 2.45) is 0 Å². The predicted molar refractivity (Wildman–Crippen MR) is 48.1 cm³/mol. The summed E-state index contributed by atoms with van der Waals surface area (Å²) in [6.45, 7) is 9.95. The molecule has 1 aliphatic carbocycles. The van der Waals surface area contributed by atoms with Crippen LogP contribution in [0.15, 0.2) is 23.8 Å². The minimum Gasteiger partial charge on any atom is -0.0958 e. The van der Waals surface area contributed by atoms with E-state index in [2.05, 4.69) is 19.6 Å². The van der Waals surface area contributed by atoms with E-state index in [9.17, 15) is 0 Å². The van der Waals surface area contributed by atoms with Gasteiger partial charge in [-0.05, 0) is 31.8 Å². The molecule has 0 heterocycles. The lowest BCUT2D eigenvalue weighted by Crippen LogP contribution is -1.74. The van der Waals surface area contributed by atoms with Crippen molar-refractivity contribution in [1.29, 1.82) is 0 Å². The molecule has 0 amide bonds. The second-order valence-electron chi connectivity index (χ2n) is 2.40. The van der Waals surface area contributed by atoms with Crippen LogP contribution in [0, 0.1) is 0 Å². The third kappa shape index (κ3) is 2.86. The zero-order chi connectivity index (χ0) is 7.98. The summed E-state index contributed by atoms with van der Waals surface area (Å²) in [6, 6.07) is 0. The van der Waals surface area contributed by atoms with E-state index < -0.39 is 0 Å². The fourth-order valence-corrected chi connectivity index (χ4v) is 1.06. The van der Waals surface area contributed by atoms with E-state index in [0.717, 1.165) is 0 Å². The fraction of sp³-hybridized carbons (Fsp3) is 0.600. The van der Waals surface area contributed by atoms with E-state index in [1.165, 1.54) is 30.4 Å². The molecule has 58 valence electrons. The Balaban J connectivity index is 0.000000371. The molecule has 0 atom stereocenters. The third-order valence-electron chi connectivity index (χ3n) is 1.59. The molecule has 0 unspecified atom stereocenters. The topological polar surface area (TPSA) is 0 Å². The monoisotopic (exact) mass is 138 g/mol. The zero-order valence-electron chi connectivity index (χ0n) is 7.41. The van der Waals surface area contributed by atoms with Crippen LogP contribution in [-0.4, -0.2) is 0 Å². The Kier molecular flexibility index (Phi) is 5.00. The summed E-state index contributed by atoms with van der Waals surface area (Å²) in [4.78, 5) is 0. The Bertz CT molecular complexity index is 129. The molecule has 0 saturated carbocycles. The Labute approximate surface area is 64.6 Å². The van der Waals surface area contributed by atoms with Crippen LogP contribution in [0.2, 0.25) is 0 Å². The molecule has 0 aromatic rings. The second kappa shape index (κ2) is 5.28. The van der Waals surface area contributed by atoms with Gasteiger partial charge >= 0.3 is 0 Å². The first-order chi connectivity index (χ1) is 4.80. The Morgan fingerprint density at radius 1 is 1.50 bits per heavy atom. The van der Waals surface area contributed by atoms with Gasteiger partial charge in [-0.3, -0.25) is 0 Å². The molecular weight excluding hydrogens is 120 g/mol. The molecular formula is C10H18. The van der Waals surface area contributed by atoms with Crippen LogP contribution in [0.25, 0.3) is 0 Å². The molecule has 0 fully saturated rings. The molecule has 0 nitrogen and oxygen atoms in total. The van der Waals surface area contributed by atoms with Crippen molar-refractivity contribution in [3.8, 4) is 0 Å². The lowest BCUT2D eigenvalue weighted by Gasteiger charge is -1.95. The number of hydrogen-bond acceptors (Lipinski definition) is 0. The summed E-state index contributed by atoms with van der Waals surface area (Å²) < 4.78 is 0. The summed E-state index contributed by atoms with van der Waals surface area (Å²) in [5, 5.41) is 0. The van der Waals surface area contributed by atoms with Gasteiger partial charge in [0, 0.05) is 0 Å². The van der Waals surface area contributed by atoms with Crippen molar-refractivity contribution in [2.75, 3.05) is 0 Å². The van der Waals surface area contributed by atoms with Crippen LogP contribution in [-0.2, 0) is 0 Å². The van der Waals surface area contributed by atoms with Crippen molar-refractivity contribution >= 4 is 0 Å². The van der Waals surface area contributed by atoms with Gasteiger partial charge in [0.2, 0.25) is 0 Å². The average Bonchev–Trinajstić information content (AvgIpc) is 2.42. The van der Waals surface area contributed by atoms with E-state index in [0.29, 0.717) is 0 Å². The van der Waals surface area contributed by atoms with Gasteiger partial charge in [0.15, 0.2) is 0 Å². The van der Waals surface area contributed by atoms with Crippen molar-refractivity contribution < 1.29 is 0 Å². The van der Waals surface area contributed by atoms with Crippen molar-refractivity contribution in [1.82, 2.24) is 0 Å². The first-order valence-corrected chi connectivity index (χ1v) is 4.15. The second-order valence-corrected chi connectivity index (χ2v) is 2.40. The van der Waals surface area contributed by atoms with E-state index in [1.807, 2.05) is 13.8 Å². The maximum absolute atomic E-state index is 3.87. The highest BCUT2D eigenvalue weighted by Gasteiger charge is 2.02. The molecule has 0 N–H and O–H groups in total. The maximum atomic E-state index is 3.87. The van der Waals surface area contributed by atoms with Crippen molar-refractivity contribution in [3.05, 3.63) is 23.8 Å². The Hall–Kier alpha value is -0.520. The molecule has 1 aliphatic rings. The zero-order valence-corrected chi connectivity index (χ0v) is 7.41. The summed E-state index contributed by atoms with van der Waals surface area (Å²) in [7, 11) is 0. The van der Waals surface area contributed by atoms with Crippen LogP contribution >= 0.6 is 0 Å². The molecule has 0 aromatic heterocycles. The molecule has 0 aliphatic heterocycles. The lowest BCUT2D eigenvalue weighted by molar-refractivity contribution is 0.910. The number of allylic oxidation sites excluding steroid dienone is 3. The average molecular weight is 138 g/mol. The third-order valence-corrected chi connectivity index (χ3v) is 1.59. The molecule has 0 spiro atoms. The highest BCUT2D eigenvalue weighted by atomic mass is 14.1. The Morgan fingerprint density at radius 3 is 2.30 bits per heavy atom. The van der Waals surface area contributed by atoms with Crippen LogP contribution in [0.3, 0.4) is 0 Å². The van der Waals surface area contributed by atoms with Crippen LogP contribution in [0.4, 0.5) is 0 Å². The standard InChI is InChI=1S/C8H12.C2H6/c1-7(2)8-5-3-4-6-8;1-2/h5H,1,3-4,6H2,2H3;1-2H3. The number of hydrogen-bond donors (Lipinski definition) is 0. The first-order valence-electron chi connectivity index (χ1n) is 4.15. The quantitative estimate of drug-likeness (QED) is 0.518. The maximum Gasteiger partial charge on any atom is -0.0277 e. The largest absolute Gasteiger partial charge is 0.0958 e. The normalized spacial score (nSPS) is 15.3.